The van der Waals surface area contributed by atoms with Gasteiger partial charge in [-0.2, -0.15) is 0 Å². The van der Waals surface area contributed by atoms with Crippen molar-refractivity contribution in [3.63, 3.8) is 0 Å². The molecule has 0 aromatic carbocycles. The number of carboxylic acid groups (broad SMARTS) is 2. The zero-order chi connectivity index (χ0) is 35.8. The van der Waals surface area contributed by atoms with Crippen LogP contribution in [0.1, 0.15) is 143 Å². The molecule has 0 saturated carbocycles. The van der Waals surface area contributed by atoms with E-state index in [0.29, 0.717) is 64.5 Å². The van der Waals surface area contributed by atoms with Gasteiger partial charge in [-0.25, -0.2) is 9.59 Å². The second-order valence-electron chi connectivity index (χ2n) is 12.5. The predicted molar refractivity (Wildman–Crippen MR) is 186 cm³/mol. The number of hydrogen-bond donors (Lipinski definition) is 2. The summed E-state index contributed by atoms with van der Waals surface area (Å²) in [5.41, 5.74) is 0. The number of unbranched alkanes of at least 4 members (excludes halogenated alkanes) is 6. The van der Waals surface area contributed by atoms with Crippen LogP contribution in [-0.4, -0.2) is 109 Å². The molecule has 0 amide bonds. The molecule has 2 unspecified atom stereocenters. The second kappa shape index (κ2) is 31.7. The van der Waals surface area contributed by atoms with Gasteiger partial charge in [-0.3, -0.25) is 9.59 Å². The van der Waals surface area contributed by atoms with Crippen molar-refractivity contribution >= 4 is 24.2 Å². The van der Waals surface area contributed by atoms with Gasteiger partial charge in [0.1, 0.15) is 12.2 Å². The van der Waals surface area contributed by atoms with Crippen LogP contribution < -0.4 is 0 Å². The molecule has 2 N–H and O–H groups in total. The van der Waals surface area contributed by atoms with E-state index in [2.05, 4.69) is 37.5 Å². The maximum Gasteiger partial charge on any atom is 0.508 e. The van der Waals surface area contributed by atoms with E-state index >= 15 is 0 Å². The molecule has 0 aromatic heterocycles. The summed E-state index contributed by atoms with van der Waals surface area (Å²) in [7, 11) is 0. The highest BCUT2D eigenvalue weighted by molar-refractivity contribution is 5.67. The molecule has 0 heterocycles. The first-order valence-corrected chi connectivity index (χ1v) is 18.7. The average molecular weight is 689 g/mol. The number of ether oxygens (including phenoxy) is 4. The molecule has 12 nitrogen and oxygen atoms in total. The van der Waals surface area contributed by atoms with E-state index in [4.69, 9.17) is 29.2 Å². The van der Waals surface area contributed by atoms with Crippen molar-refractivity contribution in [3.8, 4) is 0 Å². The Morgan fingerprint density at radius 1 is 0.500 bits per heavy atom. The fraction of sp³-hybridized carbons (Fsp3) is 0.889. The normalized spacial score (nSPS) is 12.5. The van der Waals surface area contributed by atoms with Gasteiger partial charge in [0.25, 0.3) is 0 Å². The molecule has 0 rings (SSSR count). The Hall–Kier alpha value is -2.60. The van der Waals surface area contributed by atoms with E-state index in [9.17, 15) is 19.2 Å². The summed E-state index contributed by atoms with van der Waals surface area (Å²) in [5.74, 6) is -1.71. The Kier molecular flexibility index (Phi) is 29.9. The van der Waals surface area contributed by atoms with E-state index in [1.165, 1.54) is 0 Å². The molecule has 0 aliphatic carbocycles. The molecule has 12 heteroatoms. The molecule has 48 heavy (non-hydrogen) atoms. The van der Waals surface area contributed by atoms with Gasteiger partial charge in [0.15, 0.2) is 0 Å². The molecular weight excluding hydrogens is 620 g/mol. The number of carbonyl (C=O) groups is 4. The third kappa shape index (κ3) is 28.4. The van der Waals surface area contributed by atoms with Gasteiger partial charge in [-0.05, 0) is 77.3 Å². The zero-order valence-electron chi connectivity index (χ0n) is 30.6. The van der Waals surface area contributed by atoms with Crippen molar-refractivity contribution in [2.24, 2.45) is 0 Å². The van der Waals surface area contributed by atoms with Crippen LogP contribution in [0.15, 0.2) is 0 Å². The monoisotopic (exact) mass is 688 g/mol. The minimum atomic E-state index is -0.855. The first-order valence-electron chi connectivity index (χ1n) is 18.7. The van der Waals surface area contributed by atoms with E-state index in [-0.39, 0.29) is 38.3 Å². The molecule has 282 valence electrons. The fourth-order valence-electron chi connectivity index (χ4n) is 5.47. The molecule has 0 spiro atoms. The zero-order valence-corrected chi connectivity index (χ0v) is 30.6. The summed E-state index contributed by atoms with van der Waals surface area (Å²) in [6, 6.07) is 0. The fourth-order valence-corrected chi connectivity index (χ4v) is 5.47. The Balaban J connectivity index is 4.77. The van der Waals surface area contributed by atoms with E-state index in [1.807, 2.05) is 0 Å². The smallest absolute Gasteiger partial charge is 0.481 e. The average Bonchev–Trinajstić information content (AvgIpc) is 3.04. The Labute approximate surface area is 290 Å². The standard InChI is InChI=1S/C36H68N2O10/c1-5-9-11-13-19-31(21-15-23-33(39)40)47-35(43)45-29-17-25-38(28-27-37(7-3)8-4)26-18-30-46-36(44)48-32(20-14-12-10-6-2)22-16-24-34(41)42/h31-32H,5-30H2,1-4H3,(H,39,40)(H,41,42). The maximum absolute atomic E-state index is 12.4. The van der Waals surface area contributed by atoms with E-state index < -0.39 is 24.2 Å². The number of rotatable bonds is 33. The number of carboxylic acids is 2. The number of hydrogen-bond acceptors (Lipinski definition) is 10. The van der Waals surface area contributed by atoms with E-state index in [0.717, 1.165) is 77.5 Å². The lowest BCUT2D eigenvalue weighted by Crippen LogP contribution is -2.37. The largest absolute Gasteiger partial charge is 0.508 e. The summed E-state index contributed by atoms with van der Waals surface area (Å²) in [6.45, 7) is 14.0. The maximum atomic E-state index is 12.4. The van der Waals surface area contributed by atoms with Crippen LogP contribution in [0, 0.1) is 0 Å². The minimum absolute atomic E-state index is 0.0493. The summed E-state index contributed by atoms with van der Waals surface area (Å²) >= 11 is 0. The van der Waals surface area contributed by atoms with Gasteiger partial charge in [0, 0.05) is 39.0 Å². The Bertz CT molecular complexity index is 767. The lowest BCUT2D eigenvalue weighted by molar-refractivity contribution is -0.138. The van der Waals surface area contributed by atoms with Crippen molar-refractivity contribution in [1.82, 2.24) is 9.80 Å². The minimum Gasteiger partial charge on any atom is -0.481 e. The number of likely N-dealkylation sites (N-methyl/N-ethyl adjacent to an activating group) is 1. The highest BCUT2D eigenvalue weighted by Crippen LogP contribution is 2.17. The molecule has 0 fully saturated rings. The number of aliphatic carboxylic acids is 2. The summed E-state index contributed by atoms with van der Waals surface area (Å²) < 4.78 is 21.9. The van der Waals surface area contributed by atoms with Crippen molar-refractivity contribution < 1.29 is 48.3 Å². The van der Waals surface area contributed by atoms with Crippen LogP contribution in [0.4, 0.5) is 9.59 Å². The molecule has 0 aromatic rings. The highest BCUT2D eigenvalue weighted by Gasteiger charge is 2.18. The molecule has 0 radical (unpaired) electrons. The summed E-state index contributed by atoms with van der Waals surface area (Å²) in [4.78, 5) is 51.3. The highest BCUT2D eigenvalue weighted by atomic mass is 16.7. The topological polar surface area (TPSA) is 152 Å². The molecular formula is C36H68N2O10. The van der Waals surface area contributed by atoms with Crippen molar-refractivity contribution in [2.45, 2.75) is 155 Å². The van der Waals surface area contributed by atoms with Crippen molar-refractivity contribution in [2.75, 3.05) is 52.5 Å². The molecule has 2 atom stereocenters. The first-order chi connectivity index (χ1) is 23.1. The quantitative estimate of drug-likeness (QED) is 0.0509. The van der Waals surface area contributed by atoms with E-state index in [1.54, 1.807) is 0 Å². The lowest BCUT2D eigenvalue weighted by atomic mass is 10.0. The predicted octanol–water partition coefficient (Wildman–Crippen LogP) is 7.90. The van der Waals surface area contributed by atoms with Crippen LogP contribution in [0.5, 0.6) is 0 Å². The second-order valence-corrected chi connectivity index (χ2v) is 12.5. The van der Waals surface area contributed by atoms with Gasteiger partial charge < -0.3 is 39.0 Å². The van der Waals surface area contributed by atoms with Gasteiger partial charge >= 0.3 is 24.2 Å². The van der Waals surface area contributed by atoms with Crippen LogP contribution in [0.3, 0.4) is 0 Å². The summed E-state index contributed by atoms with van der Waals surface area (Å²) in [6.07, 6.45) is 11.0. The third-order valence-electron chi connectivity index (χ3n) is 8.42. The molecule has 0 aliphatic heterocycles. The third-order valence-corrected chi connectivity index (χ3v) is 8.42. The Morgan fingerprint density at radius 3 is 1.27 bits per heavy atom. The van der Waals surface area contributed by atoms with Gasteiger partial charge in [0.05, 0.1) is 13.2 Å². The number of carbonyl (C=O) groups excluding carboxylic acids is 2. The summed E-state index contributed by atoms with van der Waals surface area (Å²) in [5, 5.41) is 17.9. The Morgan fingerprint density at radius 2 is 0.896 bits per heavy atom. The SMILES string of the molecule is CCCCCCC(CCCC(=O)O)OC(=O)OCCCN(CCCOC(=O)OC(CCCCCC)CCCC(=O)O)CCN(CC)CC. The molecule has 0 saturated heterocycles. The van der Waals surface area contributed by atoms with Gasteiger partial charge in [-0.15, -0.1) is 0 Å². The van der Waals surface area contributed by atoms with Crippen LogP contribution >= 0.6 is 0 Å². The van der Waals surface area contributed by atoms with Crippen molar-refractivity contribution in [3.05, 3.63) is 0 Å². The van der Waals surface area contributed by atoms with Crippen LogP contribution in [-0.2, 0) is 28.5 Å². The number of nitrogens with zero attached hydrogens (tertiary/aromatic N) is 2. The lowest BCUT2D eigenvalue weighted by Gasteiger charge is -2.26. The van der Waals surface area contributed by atoms with Crippen molar-refractivity contribution in [1.29, 1.82) is 0 Å². The van der Waals surface area contributed by atoms with Crippen LogP contribution in [0.25, 0.3) is 0 Å². The molecule has 0 aliphatic rings. The van der Waals surface area contributed by atoms with Gasteiger partial charge in [-0.1, -0.05) is 66.2 Å². The van der Waals surface area contributed by atoms with Gasteiger partial charge in [0.2, 0.25) is 0 Å². The molecule has 0 bridgehead atoms. The van der Waals surface area contributed by atoms with Crippen LogP contribution in [0.2, 0.25) is 0 Å². The first kappa shape index (κ1) is 45.4.